The highest BCUT2D eigenvalue weighted by Crippen LogP contribution is 2.21. The van der Waals surface area contributed by atoms with Gasteiger partial charge in [-0.2, -0.15) is 0 Å². The molecule has 1 aliphatic rings. The lowest BCUT2D eigenvalue weighted by Gasteiger charge is -2.35. The quantitative estimate of drug-likeness (QED) is 0.579. The number of Topliss-reactive ketones (excluding diaryl/α,β-unsaturated/α-hetero) is 1. The summed E-state index contributed by atoms with van der Waals surface area (Å²) in [5, 5.41) is 18.9. The van der Waals surface area contributed by atoms with E-state index in [9.17, 15) is 15.0 Å². The van der Waals surface area contributed by atoms with Crippen LogP contribution in [-0.4, -0.2) is 48.2 Å². The summed E-state index contributed by atoms with van der Waals surface area (Å²) in [6, 6.07) is 0. The Morgan fingerprint density at radius 1 is 1.46 bits per heavy atom. The molecule has 1 fully saturated rings. The fourth-order valence-corrected chi connectivity index (χ4v) is 1.36. The SMILES string of the molecule is CO[C@@H]1OC[C@@H](C(C)=O)[C@@H](O)[C@H]1O. The van der Waals surface area contributed by atoms with Gasteiger partial charge in [0, 0.05) is 7.11 Å². The predicted molar refractivity (Wildman–Crippen MR) is 42.9 cm³/mol. The summed E-state index contributed by atoms with van der Waals surface area (Å²) in [6.07, 6.45) is -3.10. The second-order valence-electron chi connectivity index (χ2n) is 3.14. The molecule has 76 valence electrons. The van der Waals surface area contributed by atoms with Gasteiger partial charge in [0.1, 0.15) is 11.9 Å². The van der Waals surface area contributed by atoms with Gasteiger partial charge in [0.25, 0.3) is 0 Å². The van der Waals surface area contributed by atoms with Crippen LogP contribution >= 0.6 is 0 Å². The van der Waals surface area contributed by atoms with Crippen molar-refractivity contribution in [2.24, 2.45) is 5.92 Å². The number of carbonyl (C=O) groups is 1. The predicted octanol–water partition coefficient (Wildman–Crippen LogP) is -1.08. The van der Waals surface area contributed by atoms with E-state index in [2.05, 4.69) is 0 Å². The van der Waals surface area contributed by atoms with Crippen LogP contribution in [-0.2, 0) is 14.3 Å². The maximum absolute atomic E-state index is 11.0. The number of hydrogen-bond donors (Lipinski definition) is 2. The van der Waals surface area contributed by atoms with E-state index in [4.69, 9.17) is 9.47 Å². The lowest BCUT2D eigenvalue weighted by atomic mass is 9.92. The Labute approximate surface area is 76.3 Å². The summed E-state index contributed by atoms with van der Waals surface area (Å²) >= 11 is 0. The molecule has 0 saturated carbocycles. The fraction of sp³-hybridized carbons (Fsp3) is 0.875. The fourth-order valence-electron chi connectivity index (χ4n) is 1.36. The molecule has 0 aliphatic carbocycles. The molecule has 1 saturated heterocycles. The third-order valence-electron chi connectivity index (χ3n) is 2.24. The van der Waals surface area contributed by atoms with E-state index in [1.165, 1.54) is 14.0 Å². The van der Waals surface area contributed by atoms with Crippen molar-refractivity contribution >= 4 is 5.78 Å². The van der Waals surface area contributed by atoms with Crippen LogP contribution in [0.3, 0.4) is 0 Å². The van der Waals surface area contributed by atoms with Crippen LogP contribution in [0.25, 0.3) is 0 Å². The minimum absolute atomic E-state index is 0.0894. The molecule has 0 aromatic rings. The maximum atomic E-state index is 11.0. The highest BCUT2D eigenvalue weighted by molar-refractivity contribution is 5.79. The number of methoxy groups -OCH3 is 1. The molecule has 0 bridgehead atoms. The molecule has 4 atom stereocenters. The molecule has 1 rings (SSSR count). The monoisotopic (exact) mass is 190 g/mol. The van der Waals surface area contributed by atoms with Crippen molar-refractivity contribution in [1.82, 2.24) is 0 Å². The summed E-state index contributed by atoms with van der Waals surface area (Å²) < 4.78 is 9.79. The first kappa shape index (κ1) is 10.6. The molecule has 1 aliphatic heterocycles. The normalized spacial score (nSPS) is 40.3. The average molecular weight is 190 g/mol. The summed E-state index contributed by atoms with van der Waals surface area (Å²) in [5.41, 5.74) is 0. The number of aliphatic hydroxyl groups excluding tert-OH is 2. The van der Waals surface area contributed by atoms with Crippen molar-refractivity contribution in [1.29, 1.82) is 0 Å². The molecule has 2 N–H and O–H groups in total. The van der Waals surface area contributed by atoms with Crippen LogP contribution in [0.5, 0.6) is 0 Å². The largest absolute Gasteiger partial charge is 0.389 e. The van der Waals surface area contributed by atoms with E-state index in [1.54, 1.807) is 0 Å². The minimum atomic E-state index is -1.16. The molecular weight excluding hydrogens is 176 g/mol. The van der Waals surface area contributed by atoms with Crippen LogP contribution in [0.2, 0.25) is 0 Å². The van der Waals surface area contributed by atoms with Gasteiger partial charge < -0.3 is 19.7 Å². The van der Waals surface area contributed by atoms with E-state index in [1.807, 2.05) is 0 Å². The van der Waals surface area contributed by atoms with Gasteiger partial charge in [0.05, 0.1) is 18.6 Å². The molecule has 5 heteroatoms. The summed E-state index contributed by atoms with van der Waals surface area (Å²) in [6.45, 7) is 1.45. The van der Waals surface area contributed by atoms with E-state index < -0.39 is 24.4 Å². The van der Waals surface area contributed by atoms with Crippen molar-refractivity contribution in [2.45, 2.75) is 25.4 Å². The number of aliphatic hydroxyl groups is 2. The standard InChI is InChI=1S/C8H14O5/c1-4(9)5-3-13-8(12-2)7(11)6(5)10/h5-8,10-11H,3H2,1-2H3/t5-,6+,7+,8+/m0/s1. The van der Waals surface area contributed by atoms with Crippen molar-refractivity contribution < 1.29 is 24.5 Å². The number of ketones is 1. The molecule has 0 aromatic carbocycles. The summed E-state index contributed by atoms with van der Waals surface area (Å²) in [7, 11) is 1.37. The first-order valence-electron chi connectivity index (χ1n) is 4.09. The lowest BCUT2D eigenvalue weighted by Crippen LogP contribution is -2.52. The zero-order valence-electron chi connectivity index (χ0n) is 7.64. The van der Waals surface area contributed by atoms with E-state index in [-0.39, 0.29) is 12.4 Å². The van der Waals surface area contributed by atoms with Gasteiger partial charge in [0.15, 0.2) is 6.29 Å². The highest BCUT2D eigenvalue weighted by atomic mass is 16.7. The second-order valence-corrected chi connectivity index (χ2v) is 3.14. The molecule has 0 amide bonds. The minimum Gasteiger partial charge on any atom is -0.389 e. The van der Waals surface area contributed by atoms with Crippen LogP contribution in [0.1, 0.15) is 6.92 Å². The van der Waals surface area contributed by atoms with Gasteiger partial charge in [-0.15, -0.1) is 0 Å². The second kappa shape index (κ2) is 4.15. The Morgan fingerprint density at radius 2 is 2.08 bits per heavy atom. The zero-order chi connectivity index (χ0) is 10.0. The number of hydrogen-bond acceptors (Lipinski definition) is 5. The van der Waals surface area contributed by atoms with Gasteiger partial charge in [0.2, 0.25) is 0 Å². The van der Waals surface area contributed by atoms with Crippen molar-refractivity contribution in [2.75, 3.05) is 13.7 Å². The Morgan fingerprint density at radius 3 is 2.54 bits per heavy atom. The molecule has 13 heavy (non-hydrogen) atoms. The van der Waals surface area contributed by atoms with Gasteiger partial charge in [-0.25, -0.2) is 0 Å². The molecular formula is C8H14O5. The number of carbonyl (C=O) groups excluding carboxylic acids is 1. The first-order chi connectivity index (χ1) is 6.07. The Kier molecular flexibility index (Phi) is 3.38. The van der Waals surface area contributed by atoms with Gasteiger partial charge in [-0.3, -0.25) is 4.79 Å². The smallest absolute Gasteiger partial charge is 0.185 e. The maximum Gasteiger partial charge on any atom is 0.185 e. The first-order valence-corrected chi connectivity index (χ1v) is 4.09. The van der Waals surface area contributed by atoms with Gasteiger partial charge in [-0.05, 0) is 6.92 Å². The highest BCUT2D eigenvalue weighted by Gasteiger charge is 2.40. The third kappa shape index (κ3) is 2.05. The molecule has 0 radical (unpaired) electrons. The Hall–Kier alpha value is -0.490. The number of rotatable bonds is 2. The van der Waals surface area contributed by atoms with Crippen molar-refractivity contribution in [3.05, 3.63) is 0 Å². The van der Waals surface area contributed by atoms with Crippen molar-refractivity contribution in [3.63, 3.8) is 0 Å². The van der Waals surface area contributed by atoms with Gasteiger partial charge >= 0.3 is 0 Å². The molecule has 0 spiro atoms. The third-order valence-corrected chi connectivity index (χ3v) is 2.24. The van der Waals surface area contributed by atoms with Gasteiger partial charge in [-0.1, -0.05) is 0 Å². The van der Waals surface area contributed by atoms with E-state index >= 15 is 0 Å². The van der Waals surface area contributed by atoms with Crippen molar-refractivity contribution in [3.8, 4) is 0 Å². The summed E-state index contributed by atoms with van der Waals surface area (Å²) in [5.74, 6) is -0.845. The van der Waals surface area contributed by atoms with E-state index in [0.717, 1.165) is 0 Å². The lowest BCUT2D eigenvalue weighted by molar-refractivity contribution is -0.247. The van der Waals surface area contributed by atoms with Crippen LogP contribution in [0, 0.1) is 5.92 Å². The van der Waals surface area contributed by atoms with Crippen LogP contribution < -0.4 is 0 Å². The van der Waals surface area contributed by atoms with Crippen LogP contribution in [0.4, 0.5) is 0 Å². The van der Waals surface area contributed by atoms with E-state index in [0.29, 0.717) is 0 Å². The zero-order valence-corrected chi connectivity index (χ0v) is 7.64. The topological polar surface area (TPSA) is 76.0 Å². The Bertz CT molecular complexity index is 193. The molecule has 0 aromatic heterocycles. The molecule has 5 nitrogen and oxygen atoms in total. The molecule has 1 heterocycles. The average Bonchev–Trinajstić information content (AvgIpc) is 2.09. The van der Waals surface area contributed by atoms with Crippen LogP contribution in [0.15, 0.2) is 0 Å². The number of ether oxygens (including phenoxy) is 2. The Balaban J connectivity index is 2.64. The summed E-state index contributed by atoms with van der Waals surface area (Å²) in [4.78, 5) is 11.0. The molecule has 0 unspecified atom stereocenters.